The van der Waals surface area contributed by atoms with Crippen molar-refractivity contribution in [1.82, 2.24) is 9.88 Å². The number of hydrogen-bond donors (Lipinski definition) is 2. The van der Waals surface area contributed by atoms with Crippen LogP contribution in [0.3, 0.4) is 0 Å². The summed E-state index contributed by atoms with van der Waals surface area (Å²) < 4.78 is 0. The third-order valence-corrected chi connectivity index (χ3v) is 3.80. The molecule has 0 unspecified atom stereocenters. The summed E-state index contributed by atoms with van der Waals surface area (Å²) in [6, 6.07) is 14.7. The molecule has 0 aliphatic rings. The van der Waals surface area contributed by atoms with Crippen LogP contribution in [0.4, 0.5) is 5.69 Å². The highest BCUT2D eigenvalue weighted by molar-refractivity contribution is 6.06. The standard InChI is InChI=1S/C19H19N3O2/c1-12-7-8-13-11-17(21-16(13)9-12)18(23)20-15-6-4-5-14(10-15)19(24)22(2)3/h4-11,21H,1-3H3,(H,20,23). The van der Waals surface area contributed by atoms with Crippen LogP contribution in [0.15, 0.2) is 48.5 Å². The Balaban J connectivity index is 1.83. The maximum Gasteiger partial charge on any atom is 0.272 e. The quantitative estimate of drug-likeness (QED) is 0.776. The summed E-state index contributed by atoms with van der Waals surface area (Å²) in [6.07, 6.45) is 0. The van der Waals surface area contributed by atoms with E-state index in [1.165, 1.54) is 4.90 Å². The number of nitrogens with one attached hydrogen (secondary N) is 2. The zero-order valence-corrected chi connectivity index (χ0v) is 13.9. The second-order valence-electron chi connectivity index (χ2n) is 6.01. The number of benzene rings is 2. The second-order valence-corrected chi connectivity index (χ2v) is 6.01. The van der Waals surface area contributed by atoms with Gasteiger partial charge in [0.05, 0.1) is 0 Å². The fourth-order valence-corrected chi connectivity index (χ4v) is 2.55. The van der Waals surface area contributed by atoms with Crippen molar-refractivity contribution in [3.8, 4) is 0 Å². The Morgan fingerprint density at radius 2 is 1.83 bits per heavy atom. The fourth-order valence-electron chi connectivity index (χ4n) is 2.55. The summed E-state index contributed by atoms with van der Waals surface area (Å²) in [6.45, 7) is 2.01. The van der Waals surface area contributed by atoms with Crippen molar-refractivity contribution in [2.45, 2.75) is 6.92 Å². The van der Waals surface area contributed by atoms with E-state index in [0.29, 0.717) is 16.9 Å². The number of H-pyrrole nitrogens is 1. The largest absolute Gasteiger partial charge is 0.351 e. The molecule has 5 heteroatoms. The van der Waals surface area contributed by atoms with Crippen LogP contribution in [0, 0.1) is 6.92 Å². The molecular formula is C19H19N3O2. The minimum atomic E-state index is -0.238. The van der Waals surface area contributed by atoms with Crippen LogP contribution in [0.5, 0.6) is 0 Å². The molecule has 1 heterocycles. The average Bonchev–Trinajstić information content (AvgIpc) is 2.97. The number of hydrogen-bond acceptors (Lipinski definition) is 2. The van der Waals surface area contributed by atoms with Gasteiger partial charge in [-0.25, -0.2) is 0 Å². The Morgan fingerprint density at radius 1 is 1.04 bits per heavy atom. The smallest absolute Gasteiger partial charge is 0.272 e. The van der Waals surface area contributed by atoms with Crippen molar-refractivity contribution >= 4 is 28.4 Å². The minimum Gasteiger partial charge on any atom is -0.351 e. The third-order valence-electron chi connectivity index (χ3n) is 3.80. The Labute approximate surface area is 140 Å². The monoisotopic (exact) mass is 321 g/mol. The lowest BCUT2D eigenvalue weighted by Crippen LogP contribution is -2.22. The number of nitrogens with zero attached hydrogens (tertiary/aromatic N) is 1. The molecule has 0 fully saturated rings. The lowest BCUT2D eigenvalue weighted by atomic mass is 10.1. The van der Waals surface area contributed by atoms with Crippen LogP contribution >= 0.6 is 0 Å². The Hall–Kier alpha value is -3.08. The molecule has 0 bridgehead atoms. The van der Waals surface area contributed by atoms with E-state index in [4.69, 9.17) is 0 Å². The van der Waals surface area contributed by atoms with Gasteiger partial charge in [0.2, 0.25) is 0 Å². The summed E-state index contributed by atoms with van der Waals surface area (Å²) in [5, 5.41) is 3.82. The third kappa shape index (κ3) is 3.15. The van der Waals surface area contributed by atoms with Crippen molar-refractivity contribution < 1.29 is 9.59 Å². The van der Waals surface area contributed by atoms with Gasteiger partial charge in [-0.15, -0.1) is 0 Å². The maximum absolute atomic E-state index is 12.4. The highest BCUT2D eigenvalue weighted by Crippen LogP contribution is 2.18. The van der Waals surface area contributed by atoms with Gasteiger partial charge in [0.15, 0.2) is 0 Å². The molecule has 2 amide bonds. The molecule has 2 N–H and O–H groups in total. The SMILES string of the molecule is Cc1ccc2cc(C(=O)Nc3cccc(C(=O)N(C)C)c3)[nH]c2c1. The molecule has 2 aromatic carbocycles. The Bertz CT molecular complexity index is 925. The molecule has 24 heavy (non-hydrogen) atoms. The first kappa shape index (κ1) is 15.8. The molecule has 3 rings (SSSR count). The second kappa shape index (κ2) is 6.20. The van der Waals surface area contributed by atoms with E-state index < -0.39 is 0 Å². The molecular weight excluding hydrogens is 302 g/mol. The number of rotatable bonds is 3. The van der Waals surface area contributed by atoms with Gasteiger partial charge in [0, 0.05) is 36.2 Å². The van der Waals surface area contributed by atoms with E-state index in [2.05, 4.69) is 10.3 Å². The van der Waals surface area contributed by atoms with Crippen LogP contribution in [0.25, 0.3) is 10.9 Å². The van der Waals surface area contributed by atoms with Gasteiger partial charge in [0.1, 0.15) is 5.69 Å². The molecule has 0 radical (unpaired) electrons. The van der Waals surface area contributed by atoms with Crippen LogP contribution in [-0.2, 0) is 0 Å². The van der Waals surface area contributed by atoms with Gasteiger partial charge in [-0.1, -0.05) is 18.2 Å². The predicted octanol–water partition coefficient (Wildman–Crippen LogP) is 3.43. The first-order valence-corrected chi connectivity index (χ1v) is 7.66. The van der Waals surface area contributed by atoms with Gasteiger partial charge in [-0.3, -0.25) is 9.59 Å². The number of carbonyl (C=O) groups is 2. The zero-order chi connectivity index (χ0) is 17.3. The number of anilines is 1. The molecule has 0 aliphatic carbocycles. The summed E-state index contributed by atoms with van der Waals surface area (Å²) in [5.41, 5.74) is 3.66. The first-order valence-electron chi connectivity index (χ1n) is 7.66. The number of aromatic nitrogens is 1. The molecule has 1 aromatic heterocycles. The summed E-state index contributed by atoms with van der Waals surface area (Å²) >= 11 is 0. The Kier molecular flexibility index (Phi) is 4.08. The van der Waals surface area contributed by atoms with Crippen LogP contribution in [-0.4, -0.2) is 35.8 Å². The lowest BCUT2D eigenvalue weighted by molar-refractivity contribution is 0.0827. The molecule has 0 saturated heterocycles. The van der Waals surface area contributed by atoms with Crippen LogP contribution in [0.2, 0.25) is 0 Å². The van der Waals surface area contributed by atoms with Crippen LogP contribution < -0.4 is 5.32 Å². The number of carbonyl (C=O) groups excluding carboxylic acids is 2. The van der Waals surface area contributed by atoms with Crippen molar-refractivity contribution in [2.75, 3.05) is 19.4 Å². The van der Waals surface area contributed by atoms with Crippen molar-refractivity contribution in [1.29, 1.82) is 0 Å². The van der Waals surface area contributed by atoms with Crippen molar-refractivity contribution in [2.24, 2.45) is 0 Å². The topological polar surface area (TPSA) is 65.2 Å². The van der Waals surface area contributed by atoms with E-state index in [0.717, 1.165) is 16.5 Å². The molecule has 0 aliphatic heterocycles. The molecule has 0 saturated carbocycles. The molecule has 3 aromatic rings. The molecule has 5 nitrogen and oxygen atoms in total. The molecule has 0 spiro atoms. The normalized spacial score (nSPS) is 10.6. The highest BCUT2D eigenvalue weighted by Gasteiger charge is 2.12. The summed E-state index contributed by atoms with van der Waals surface area (Å²) in [5.74, 6) is -0.342. The summed E-state index contributed by atoms with van der Waals surface area (Å²) in [4.78, 5) is 29.1. The number of amides is 2. The van der Waals surface area contributed by atoms with Crippen LogP contribution in [0.1, 0.15) is 26.4 Å². The number of fused-ring (bicyclic) bond motifs is 1. The lowest BCUT2D eigenvalue weighted by Gasteiger charge is -2.11. The zero-order valence-electron chi connectivity index (χ0n) is 13.9. The van der Waals surface area contributed by atoms with Gasteiger partial charge in [-0.05, 0) is 42.8 Å². The van der Waals surface area contributed by atoms with Gasteiger partial charge in [0.25, 0.3) is 11.8 Å². The Morgan fingerprint density at radius 3 is 2.58 bits per heavy atom. The first-order chi connectivity index (χ1) is 11.4. The van der Waals surface area contributed by atoms with E-state index in [1.807, 2.05) is 31.2 Å². The molecule has 122 valence electrons. The maximum atomic E-state index is 12.4. The van der Waals surface area contributed by atoms with E-state index >= 15 is 0 Å². The number of aromatic amines is 1. The van der Waals surface area contributed by atoms with Crippen molar-refractivity contribution in [3.05, 3.63) is 65.4 Å². The average molecular weight is 321 g/mol. The predicted molar refractivity (Wildman–Crippen MR) is 95.4 cm³/mol. The fraction of sp³-hybridized carbons (Fsp3) is 0.158. The van der Waals surface area contributed by atoms with Gasteiger partial charge in [-0.2, -0.15) is 0 Å². The minimum absolute atomic E-state index is 0.104. The number of aryl methyl sites for hydroxylation is 1. The van der Waals surface area contributed by atoms with Crippen molar-refractivity contribution in [3.63, 3.8) is 0 Å². The highest BCUT2D eigenvalue weighted by atomic mass is 16.2. The summed E-state index contributed by atoms with van der Waals surface area (Å²) in [7, 11) is 3.39. The van der Waals surface area contributed by atoms with Gasteiger partial charge >= 0.3 is 0 Å². The van der Waals surface area contributed by atoms with Gasteiger partial charge < -0.3 is 15.2 Å². The van der Waals surface area contributed by atoms with E-state index in [1.54, 1.807) is 38.4 Å². The van der Waals surface area contributed by atoms with E-state index in [9.17, 15) is 9.59 Å². The molecule has 0 atom stereocenters. The van der Waals surface area contributed by atoms with E-state index in [-0.39, 0.29) is 11.8 Å².